The van der Waals surface area contributed by atoms with E-state index in [0.717, 1.165) is 0 Å². The fraction of sp³-hybridized carbons (Fsp3) is 0.231. The molecule has 0 amide bonds. The monoisotopic (exact) mass is 248 g/mol. The van der Waals surface area contributed by atoms with Crippen molar-refractivity contribution in [2.45, 2.75) is 19.8 Å². The average Bonchev–Trinajstić information content (AvgIpc) is 2.70. The highest BCUT2D eigenvalue weighted by Crippen LogP contribution is 2.34. The molecule has 94 valence electrons. The number of carbonyl (C=O) groups is 2. The number of benzene rings is 1. The molecule has 0 saturated heterocycles. The zero-order chi connectivity index (χ0) is 13.4. The van der Waals surface area contributed by atoms with E-state index in [1.165, 1.54) is 26.2 Å². The maximum atomic E-state index is 11.5. The van der Waals surface area contributed by atoms with Crippen LogP contribution in [0.25, 0.3) is 11.0 Å². The summed E-state index contributed by atoms with van der Waals surface area (Å²) in [7, 11) is 0. The smallest absolute Gasteiger partial charge is 0.310 e. The minimum atomic E-state index is -0.977. The van der Waals surface area contributed by atoms with Crippen LogP contribution in [0.3, 0.4) is 0 Å². The minimum absolute atomic E-state index is 0.0799. The first kappa shape index (κ1) is 12.2. The van der Waals surface area contributed by atoms with E-state index in [2.05, 4.69) is 0 Å². The largest absolute Gasteiger partial charge is 0.507 e. The summed E-state index contributed by atoms with van der Waals surface area (Å²) >= 11 is 0. The molecular weight excluding hydrogens is 236 g/mol. The summed E-state index contributed by atoms with van der Waals surface area (Å²) in [6, 6.07) is 2.92. The first-order valence-corrected chi connectivity index (χ1v) is 5.40. The van der Waals surface area contributed by atoms with Gasteiger partial charge in [-0.15, -0.1) is 0 Å². The van der Waals surface area contributed by atoms with Crippen molar-refractivity contribution in [1.82, 2.24) is 0 Å². The number of aromatic hydroxyl groups is 1. The Labute approximate surface area is 103 Å². The third-order valence-electron chi connectivity index (χ3n) is 2.94. The number of carboxylic acids is 1. The molecule has 1 aromatic heterocycles. The van der Waals surface area contributed by atoms with E-state index in [4.69, 9.17) is 9.52 Å². The van der Waals surface area contributed by atoms with Gasteiger partial charge in [-0.25, -0.2) is 0 Å². The van der Waals surface area contributed by atoms with Crippen LogP contribution < -0.4 is 0 Å². The summed E-state index contributed by atoms with van der Waals surface area (Å²) < 4.78 is 5.25. The zero-order valence-corrected chi connectivity index (χ0v) is 9.93. The van der Waals surface area contributed by atoms with Crippen molar-refractivity contribution in [1.29, 1.82) is 0 Å². The van der Waals surface area contributed by atoms with Gasteiger partial charge in [0, 0.05) is 10.9 Å². The second kappa shape index (κ2) is 4.18. The van der Waals surface area contributed by atoms with Gasteiger partial charge in [-0.05, 0) is 26.0 Å². The molecule has 0 bridgehead atoms. The molecule has 5 heteroatoms. The van der Waals surface area contributed by atoms with Gasteiger partial charge >= 0.3 is 5.97 Å². The van der Waals surface area contributed by atoms with Gasteiger partial charge in [-0.3, -0.25) is 9.59 Å². The van der Waals surface area contributed by atoms with Crippen molar-refractivity contribution < 1.29 is 24.2 Å². The molecule has 2 aromatic rings. The fourth-order valence-electron chi connectivity index (χ4n) is 1.92. The molecule has 0 fully saturated rings. The Morgan fingerprint density at radius 2 is 2.00 bits per heavy atom. The van der Waals surface area contributed by atoms with Crippen LogP contribution in [0.1, 0.15) is 35.7 Å². The topological polar surface area (TPSA) is 87.7 Å². The number of rotatable bonds is 3. The molecule has 1 aromatic carbocycles. The highest BCUT2D eigenvalue weighted by Gasteiger charge is 2.22. The van der Waals surface area contributed by atoms with Crippen LogP contribution in [0, 0.1) is 0 Å². The lowest BCUT2D eigenvalue weighted by atomic mass is 9.98. The zero-order valence-electron chi connectivity index (χ0n) is 9.93. The SMILES string of the molecule is CC(=O)c1c(O)ccc2c(C(C)C(=O)O)coc12. The van der Waals surface area contributed by atoms with Crippen molar-refractivity contribution in [2.75, 3.05) is 0 Å². The van der Waals surface area contributed by atoms with E-state index < -0.39 is 11.9 Å². The number of aliphatic carboxylic acids is 1. The number of phenolic OH excluding ortho intramolecular Hbond substituents is 1. The van der Waals surface area contributed by atoms with Crippen molar-refractivity contribution in [3.63, 3.8) is 0 Å². The van der Waals surface area contributed by atoms with Crippen LogP contribution in [-0.4, -0.2) is 22.0 Å². The maximum Gasteiger partial charge on any atom is 0.310 e. The summed E-state index contributed by atoms with van der Waals surface area (Å²) in [5, 5.41) is 19.2. The van der Waals surface area contributed by atoms with Gasteiger partial charge in [0.1, 0.15) is 16.9 Å². The third-order valence-corrected chi connectivity index (χ3v) is 2.94. The fourth-order valence-corrected chi connectivity index (χ4v) is 1.92. The highest BCUT2D eigenvalue weighted by atomic mass is 16.4. The number of phenols is 1. The molecule has 1 heterocycles. The van der Waals surface area contributed by atoms with Gasteiger partial charge in [0.2, 0.25) is 0 Å². The summed E-state index contributed by atoms with van der Waals surface area (Å²) in [5.41, 5.74) is 0.793. The summed E-state index contributed by atoms with van der Waals surface area (Å²) in [4.78, 5) is 22.4. The molecular formula is C13H12O5. The molecule has 0 radical (unpaired) electrons. The van der Waals surface area contributed by atoms with E-state index >= 15 is 0 Å². The van der Waals surface area contributed by atoms with E-state index in [1.54, 1.807) is 6.07 Å². The van der Waals surface area contributed by atoms with Gasteiger partial charge in [0.05, 0.1) is 12.2 Å². The Morgan fingerprint density at radius 3 is 2.56 bits per heavy atom. The Kier molecular flexibility index (Phi) is 2.82. The minimum Gasteiger partial charge on any atom is -0.507 e. The molecule has 0 aliphatic rings. The summed E-state index contributed by atoms with van der Waals surface area (Å²) in [5.74, 6) is -2.22. The number of fused-ring (bicyclic) bond motifs is 1. The first-order chi connectivity index (χ1) is 8.43. The van der Waals surface area contributed by atoms with Crippen molar-refractivity contribution in [3.05, 3.63) is 29.5 Å². The number of Topliss-reactive ketones (excluding diaryl/α,β-unsaturated/α-hetero) is 1. The maximum absolute atomic E-state index is 11.5. The normalized spacial score (nSPS) is 12.6. The molecule has 1 atom stereocenters. The molecule has 5 nitrogen and oxygen atoms in total. The third kappa shape index (κ3) is 1.73. The standard InChI is InChI=1S/C13H12O5/c1-6(13(16)17)9-5-18-12-8(9)3-4-10(15)11(12)7(2)14/h3-6,15H,1-2H3,(H,16,17). The van der Waals surface area contributed by atoms with Gasteiger partial charge < -0.3 is 14.6 Å². The number of hydrogen-bond donors (Lipinski definition) is 2. The van der Waals surface area contributed by atoms with Crippen molar-refractivity contribution in [2.24, 2.45) is 0 Å². The van der Waals surface area contributed by atoms with Gasteiger partial charge in [-0.2, -0.15) is 0 Å². The Balaban J connectivity index is 2.73. The van der Waals surface area contributed by atoms with Crippen molar-refractivity contribution in [3.8, 4) is 5.75 Å². The van der Waals surface area contributed by atoms with Crippen LogP contribution in [0.5, 0.6) is 5.75 Å². The molecule has 1 unspecified atom stereocenters. The highest BCUT2D eigenvalue weighted by molar-refractivity contribution is 6.08. The van der Waals surface area contributed by atoms with Crippen LogP contribution in [0.15, 0.2) is 22.8 Å². The van der Waals surface area contributed by atoms with Gasteiger partial charge in [0.15, 0.2) is 5.78 Å². The number of carbonyl (C=O) groups excluding carboxylic acids is 1. The Hall–Kier alpha value is -2.30. The van der Waals surface area contributed by atoms with Crippen LogP contribution in [-0.2, 0) is 4.79 Å². The predicted molar refractivity (Wildman–Crippen MR) is 63.9 cm³/mol. The van der Waals surface area contributed by atoms with Crippen LogP contribution in [0.4, 0.5) is 0 Å². The van der Waals surface area contributed by atoms with E-state index in [9.17, 15) is 14.7 Å². The Morgan fingerprint density at radius 1 is 1.33 bits per heavy atom. The summed E-state index contributed by atoms with van der Waals surface area (Å²) in [6.07, 6.45) is 1.31. The second-order valence-corrected chi connectivity index (χ2v) is 4.14. The average molecular weight is 248 g/mol. The number of hydrogen-bond acceptors (Lipinski definition) is 4. The van der Waals surface area contributed by atoms with E-state index in [-0.39, 0.29) is 22.7 Å². The lowest BCUT2D eigenvalue weighted by Gasteiger charge is -2.04. The molecule has 2 N–H and O–H groups in total. The van der Waals surface area contributed by atoms with E-state index in [1.807, 2.05) is 0 Å². The lowest BCUT2D eigenvalue weighted by molar-refractivity contribution is -0.138. The van der Waals surface area contributed by atoms with Crippen LogP contribution >= 0.6 is 0 Å². The quantitative estimate of drug-likeness (QED) is 0.815. The molecule has 0 spiro atoms. The molecule has 0 aliphatic heterocycles. The number of ketones is 1. The Bertz CT molecular complexity index is 638. The number of furan rings is 1. The number of carboxylic acid groups (broad SMARTS) is 1. The molecule has 0 aliphatic carbocycles. The van der Waals surface area contributed by atoms with Crippen LogP contribution in [0.2, 0.25) is 0 Å². The molecule has 2 rings (SSSR count). The second-order valence-electron chi connectivity index (χ2n) is 4.14. The lowest BCUT2D eigenvalue weighted by Crippen LogP contribution is -2.06. The van der Waals surface area contributed by atoms with Gasteiger partial charge in [0.25, 0.3) is 0 Å². The van der Waals surface area contributed by atoms with Crippen molar-refractivity contribution >= 4 is 22.7 Å². The molecule has 18 heavy (non-hydrogen) atoms. The van der Waals surface area contributed by atoms with Gasteiger partial charge in [-0.1, -0.05) is 0 Å². The predicted octanol–water partition coefficient (Wildman–Crippen LogP) is 2.53. The summed E-state index contributed by atoms with van der Waals surface area (Å²) in [6.45, 7) is 2.85. The first-order valence-electron chi connectivity index (χ1n) is 5.40. The molecule has 0 saturated carbocycles. The van der Waals surface area contributed by atoms with E-state index in [0.29, 0.717) is 10.9 Å².